The topological polar surface area (TPSA) is 69.2 Å². The summed E-state index contributed by atoms with van der Waals surface area (Å²) in [6, 6.07) is 10.2. The number of piperidine rings is 1. The predicted octanol–water partition coefficient (Wildman–Crippen LogP) is 4.32. The molecule has 1 fully saturated rings. The van der Waals surface area contributed by atoms with Gasteiger partial charge in [-0.3, -0.25) is 4.79 Å². The summed E-state index contributed by atoms with van der Waals surface area (Å²) in [4.78, 5) is 20.8. The number of nitrogens with zero attached hydrogens (tertiary/aromatic N) is 2. The van der Waals surface area contributed by atoms with Gasteiger partial charge in [-0.05, 0) is 49.2 Å². The van der Waals surface area contributed by atoms with E-state index in [-0.39, 0.29) is 11.7 Å². The van der Waals surface area contributed by atoms with E-state index in [1.807, 2.05) is 0 Å². The number of benzene rings is 2. The van der Waals surface area contributed by atoms with Crippen LogP contribution in [0.25, 0.3) is 22.4 Å². The second-order valence-corrected chi connectivity index (χ2v) is 6.95. The van der Waals surface area contributed by atoms with E-state index < -0.39 is 5.97 Å². The molecule has 4 rings (SSSR count). The van der Waals surface area contributed by atoms with Crippen LogP contribution in [0.2, 0.25) is 5.02 Å². The first-order valence-electron chi connectivity index (χ1n) is 8.44. The molecule has 0 atom stereocenters. The summed E-state index contributed by atoms with van der Waals surface area (Å²) in [5, 5.41) is 9.71. The van der Waals surface area contributed by atoms with Crippen LogP contribution >= 0.6 is 11.6 Å². The van der Waals surface area contributed by atoms with Crippen LogP contribution in [0.3, 0.4) is 0 Å². The third-order valence-corrected chi connectivity index (χ3v) is 5.09. The van der Waals surface area contributed by atoms with Crippen molar-refractivity contribution in [3.63, 3.8) is 0 Å². The van der Waals surface area contributed by atoms with Crippen molar-refractivity contribution < 1.29 is 14.3 Å². The molecule has 0 saturated carbocycles. The Morgan fingerprint density at radius 2 is 2.00 bits per heavy atom. The number of nitrogens with one attached hydrogen (secondary N) is 1. The molecule has 3 aromatic rings. The van der Waals surface area contributed by atoms with Gasteiger partial charge in [0.25, 0.3) is 0 Å². The minimum Gasteiger partial charge on any atom is -0.481 e. The van der Waals surface area contributed by atoms with Crippen LogP contribution < -0.4 is 4.90 Å². The standard InChI is InChI=1S/C19H17ClFN3O2/c20-12-1-4-16-17(9-12)23-18(22-16)14-10-13(2-3-15(14)21)24-7-5-11(6-8-24)19(25)26/h1-4,9-11H,5-8H2,(H,22,23)(H,25,26). The Morgan fingerprint density at radius 3 is 2.73 bits per heavy atom. The number of H-pyrrole nitrogens is 1. The molecule has 5 nitrogen and oxygen atoms in total. The molecule has 1 saturated heterocycles. The third-order valence-electron chi connectivity index (χ3n) is 4.86. The number of halogens is 2. The Labute approximate surface area is 154 Å². The van der Waals surface area contributed by atoms with Gasteiger partial charge in [-0.1, -0.05) is 11.6 Å². The average molecular weight is 374 g/mol. The molecule has 134 valence electrons. The number of anilines is 1. The van der Waals surface area contributed by atoms with Gasteiger partial charge < -0.3 is 15.0 Å². The minimum absolute atomic E-state index is 0.300. The summed E-state index contributed by atoms with van der Waals surface area (Å²) in [6.45, 7) is 1.27. The number of aliphatic carboxylic acids is 1. The zero-order chi connectivity index (χ0) is 18.3. The maximum absolute atomic E-state index is 14.4. The molecule has 0 amide bonds. The van der Waals surface area contributed by atoms with E-state index in [4.69, 9.17) is 16.7 Å². The van der Waals surface area contributed by atoms with Gasteiger partial charge in [0.2, 0.25) is 0 Å². The van der Waals surface area contributed by atoms with Gasteiger partial charge in [0, 0.05) is 23.8 Å². The molecule has 7 heteroatoms. The number of hydrogen-bond donors (Lipinski definition) is 2. The summed E-state index contributed by atoms with van der Waals surface area (Å²) in [7, 11) is 0. The van der Waals surface area contributed by atoms with E-state index in [1.54, 1.807) is 30.3 Å². The molecule has 0 radical (unpaired) electrons. The summed E-state index contributed by atoms with van der Waals surface area (Å²) >= 11 is 6.00. The third kappa shape index (κ3) is 3.12. The molecular formula is C19H17ClFN3O2. The zero-order valence-electron chi connectivity index (χ0n) is 13.9. The molecular weight excluding hydrogens is 357 g/mol. The molecule has 2 aromatic carbocycles. The highest BCUT2D eigenvalue weighted by Gasteiger charge is 2.25. The van der Waals surface area contributed by atoms with Gasteiger partial charge in [-0.15, -0.1) is 0 Å². The second-order valence-electron chi connectivity index (χ2n) is 6.51. The zero-order valence-corrected chi connectivity index (χ0v) is 14.6. The highest BCUT2D eigenvalue weighted by molar-refractivity contribution is 6.31. The van der Waals surface area contributed by atoms with Gasteiger partial charge in [-0.2, -0.15) is 0 Å². The fourth-order valence-electron chi connectivity index (χ4n) is 3.39. The lowest BCUT2D eigenvalue weighted by molar-refractivity contribution is -0.142. The van der Waals surface area contributed by atoms with Crippen LogP contribution in [-0.2, 0) is 4.79 Å². The van der Waals surface area contributed by atoms with Gasteiger partial charge in [0.1, 0.15) is 11.6 Å². The highest BCUT2D eigenvalue weighted by atomic mass is 35.5. The van der Waals surface area contributed by atoms with E-state index in [2.05, 4.69) is 14.9 Å². The largest absolute Gasteiger partial charge is 0.481 e. The molecule has 0 spiro atoms. The Morgan fingerprint density at radius 1 is 1.23 bits per heavy atom. The molecule has 0 unspecified atom stereocenters. The van der Waals surface area contributed by atoms with Crippen molar-refractivity contribution in [2.24, 2.45) is 5.92 Å². The van der Waals surface area contributed by atoms with Crippen molar-refractivity contribution >= 4 is 34.3 Å². The number of rotatable bonds is 3. The summed E-state index contributed by atoms with van der Waals surface area (Å²) in [5.74, 6) is -0.960. The summed E-state index contributed by atoms with van der Waals surface area (Å²) in [5.41, 5.74) is 2.72. The fraction of sp³-hybridized carbons (Fsp3) is 0.263. The molecule has 0 aliphatic carbocycles. The van der Waals surface area contributed by atoms with Crippen molar-refractivity contribution in [3.8, 4) is 11.4 Å². The van der Waals surface area contributed by atoms with Crippen LogP contribution in [0.15, 0.2) is 36.4 Å². The smallest absolute Gasteiger partial charge is 0.306 e. The number of carboxylic acid groups (broad SMARTS) is 1. The highest BCUT2D eigenvalue weighted by Crippen LogP contribution is 2.30. The second kappa shape index (κ2) is 6.61. The van der Waals surface area contributed by atoms with Crippen LogP contribution in [0.4, 0.5) is 10.1 Å². The SMILES string of the molecule is O=C(O)C1CCN(c2ccc(F)c(-c3nc4ccc(Cl)cc4[nH]3)c2)CC1. The number of hydrogen-bond acceptors (Lipinski definition) is 3. The Balaban J connectivity index is 1.65. The molecule has 2 heterocycles. The van der Waals surface area contributed by atoms with E-state index in [0.29, 0.717) is 42.3 Å². The number of aromatic amines is 1. The minimum atomic E-state index is -0.745. The van der Waals surface area contributed by atoms with Crippen LogP contribution in [-0.4, -0.2) is 34.1 Å². The summed E-state index contributed by atoms with van der Waals surface area (Å²) < 4.78 is 14.4. The van der Waals surface area contributed by atoms with E-state index in [0.717, 1.165) is 16.7 Å². The van der Waals surface area contributed by atoms with Crippen LogP contribution in [0.5, 0.6) is 0 Å². The first-order chi connectivity index (χ1) is 12.5. The lowest BCUT2D eigenvalue weighted by Crippen LogP contribution is -2.36. The number of carbonyl (C=O) groups is 1. The average Bonchev–Trinajstić information content (AvgIpc) is 3.05. The molecule has 1 aromatic heterocycles. The van der Waals surface area contributed by atoms with Gasteiger partial charge in [0.15, 0.2) is 0 Å². The van der Waals surface area contributed by atoms with E-state index in [9.17, 15) is 9.18 Å². The number of imidazole rings is 1. The number of aromatic nitrogens is 2. The lowest BCUT2D eigenvalue weighted by Gasteiger charge is -2.32. The van der Waals surface area contributed by atoms with Gasteiger partial charge in [-0.25, -0.2) is 9.37 Å². The molecule has 0 bridgehead atoms. The van der Waals surface area contributed by atoms with Crippen molar-refractivity contribution in [2.75, 3.05) is 18.0 Å². The quantitative estimate of drug-likeness (QED) is 0.717. The van der Waals surface area contributed by atoms with E-state index >= 15 is 0 Å². The fourth-order valence-corrected chi connectivity index (χ4v) is 3.56. The Kier molecular flexibility index (Phi) is 4.28. The Hall–Kier alpha value is -2.60. The van der Waals surface area contributed by atoms with Gasteiger partial charge >= 0.3 is 5.97 Å². The predicted molar refractivity (Wildman–Crippen MR) is 99.1 cm³/mol. The Bertz CT molecular complexity index is 980. The normalized spacial score (nSPS) is 15.5. The number of fused-ring (bicyclic) bond motifs is 1. The molecule has 26 heavy (non-hydrogen) atoms. The first kappa shape index (κ1) is 16.8. The van der Waals surface area contributed by atoms with Crippen molar-refractivity contribution in [2.45, 2.75) is 12.8 Å². The summed E-state index contributed by atoms with van der Waals surface area (Å²) in [6.07, 6.45) is 1.18. The molecule has 1 aliphatic rings. The van der Waals surface area contributed by atoms with Crippen molar-refractivity contribution in [1.82, 2.24) is 9.97 Å². The maximum Gasteiger partial charge on any atom is 0.306 e. The monoisotopic (exact) mass is 373 g/mol. The lowest BCUT2D eigenvalue weighted by atomic mass is 9.96. The van der Waals surface area contributed by atoms with Crippen molar-refractivity contribution in [3.05, 3.63) is 47.2 Å². The van der Waals surface area contributed by atoms with Crippen LogP contribution in [0, 0.1) is 11.7 Å². The number of carboxylic acids is 1. The van der Waals surface area contributed by atoms with Crippen LogP contribution in [0.1, 0.15) is 12.8 Å². The van der Waals surface area contributed by atoms with Gasteiger partial charge in [0.05, 0.1) is 22.5 Å². The molecule has 2 N–H and O–H groups in total. The first-order valence-corrected chi connectivity index (χ1v) is 8.82. The maximum atomic E-state index is 14.4. The van der Waals surface area contributed by atoms with Crippen molar-refractivity contribution in [1.29, 1.82) is 0 Å². The molecule has 1 aliphatic heterocycles. The van der Waals surface area contributed by atoms with E-state index in [1.165, 1.54) is 6.07 Å².